The maximum atomic E-state index is 6.07. The van der Waals surface area contributed by atoms with E-state index in [0.717, 1.165) is 18.6 Å². The minimum absolute atomic E-state index is 0.0985. The fourth-order valence-electron chi connectivity index (χ4n) is 1.79. The lowest BCUT2D eigenvalue weighted by molar-refractivity contribution is -0.0118. The van der Waals surface area contributed by atoms with Crippen molar-refractivity contribution in [2.45, 2.75) is 45.3 Å². The van der Waals surface area contributed by atoms with E-state index >= 15 is 0 Å². The highest BCUT2D eigenvalue weighted by Crippen LogP contribution is 2.21. The zero-order chi connectivity index (χ0) is 12.9. The van der Waals surface area contributed by atoms with Gasteiger partial charge in [0.25, 0.3) is 0 Å². The van der Waals surface area contributed by atoms with Crippen LogP contribution >= 0.6 is 0 Å². The zero-order valence-electron chi connectivity index (χ0n) is 11.4. The lowest BCUT2D eigenvalue weighted by atomic mass is 9.93. The van der Waals surface area contributed by atoms with Gasteiger partial charge in [-0.3, -0.25) is 0 Å². The van der Waals surface area contributed by atoms with Crippen molar-refractivity contribution in [3.8, 4) is 0 Å². The summed E-state index contributed by atoms with van der Waals surface area (Å²) in [5, 5.41) is 0. The average Bonchev–Trinajstić information content (AvgIpc) is 2.27. The first-order valence-corrected chi connectivity index (χ1v) is 6.22. The largest absolute Gasteiger partial charge is 0.497 e. The van der Waals surface area contributed by atoms with Crippen molar-refractivity contribution in [2.24, 2.45) is 11.7 Å². The fraction of sp³-hybridized carbons (Fsp3) is 0.714. The molecule has 2 atom stereocenters. The molecule has 0 aromatic heterocycles. The van der Waals surface area contributed by atoms with Crippen LogP contribution in [0.4, 0.5) is 0 Å². The Morgan fingerprint density at radius 2 is 2.18 bits per heavy atom. The summed E-state index contributed by atoms with van der Waals surface area (Å²) in [7, 11) is 1.69. The Hall–Kier alpha value is -0.800. The van der Waals surface area contributed by atoms with Crippen LogP contribution in [0.25, 0.3) is 0 Å². The Morgan fingerprint density at radius 3 is 2.65 bits per heavy atom. The van der Waals surface area contributed by atoms with Gasteiger partial charge in [-0.05, 0) is 51.7 Å². The second kappa shape index (κ2) is 6.22. The molecular weight excluding hydrogens is 214 g/mol. The van der Waals surface area contributed by atoms with Crippen molar-refractivity contribution < 1.29 is 9.47 Å². The van der Waals surface area contributed by atoms with Crippen LogP contribution in [0.1, 0.15) is 33.6 Å². The molecule has 17 heavy (non-hydrogen) atoms. The van der Waals surface area contributed by atoms with Crippen molar-refractivity contribution in [1.82, 2.24) is 0 Å². The van der Waals surface area contributed by atoms with Crippen molar-refractivity contribution in [3.63, 3.8) is 0 Å². The number of allylic oxidation sites excluding steroid dienone is 3. The SMILES string of the molecule is COC1=CCC(CC(N)COC(C)(C)C)C=C1. The fourth-order valence-corrected chi connectivity index (χ4v) is 1.79. The van der Waals surface area contributed by atoms with Gasteiger partial charge in [-0.1, -0.05) is 6.08 Å². The van der Waals surface area contributed by atoms with Crippen molar-refractivity contribution >= 4 is 0 Å². The second-order valence-corrected chi connectivity index (χ2v) is 5.58. The minimum Gasteiger partial charge on any atom is -0.497 e. The molecule has 0 aromatic rings. The third-order valence-electron chi connectivity index (χ3n) is 2.73. The molecule has 0 saturated heterocycles. The molecule has 0 amide bonds. The Bertz CT molecular complexity index is 289. The molecule has 1 rings (SSSR count). The second-order valence-electron chi connectivity index (χ2n) is 5.58. The van der Waals surface area contributed by atoms with E-state index < -0.39 is 0 Å². The van der Waals surface area contributed by atoms with Crippen LogP contribution in [0.3, 0.4) is 0 Å². The van der Waals surface area contributed by atoms with Crippen molar-refractivity contribution in [3.05, 3.63) is 24.0 Å². The van der Waals surface area contributed by atoms with Gasteiger partial charge in [-0.25, -0.2) is 0 Å². The smallest absolute Gasteiger partial charge is 0.114 e. The van der Waals surface area contributed by atoms with Gasteiger partial charge in [0, 0.05) is 6.04 Å². The summed E-state index contributed by atoms with van der Waals surface area (Å²) < 4.78 is 10.8. The molecule has 0 fully saturated rings. The third-order valence-corrected chi connectivity index (χ3v) is 2.73. The summed E-state index contributed by atoms with van der Waals surface area (Å²) in [4.78, 5) is 0. The van der Waals surface area contributed by atoms with Crippen LogP contribution in [0, 0.1) is 5.92 Å². The number of rotatable bonds is 5. The van der Waals surface area contributed by atoms with Gasteiger partial charge < -0.3 is 15.2 Å². The molecule has 0 bridgehead atoms. The Morgan fingerprint density at radius 1 is 1.47 bits per heavy atom. The van der Waals surface area contributed by atoms with Crippen LogP contribution < -0.4 is 5.73 Å². The van der Waals surface area contributed by atoms with Gasteiger partial charge in [-0.15, -0.1) is 0 Å². The van der Waals surface area contributed by atoms with E-state index in [1.165, 1.54) is 0 Å². The first kappa shape index (κ1) is 14.3. The molecule has 0 heterocycles. The predicted molar refractivity (Wildman–Crippen MR) is 70.6 cm³/mol. The maximum absolute atomic E-state index is 6.07. The summed E-state index contributed by atoms with van der Waals surface area (Å²) in [6, 6.07) is 0.0985. The van der Waals surface area contributed by atoms with E-state index in [1.807, 2.05) is 26.8 Å². The van der Waals surface area contributed by atoms with E-state index in [9.17, 15) is 0 Å². The number of ether oxygens (including phenoxy) is 2. The van der Waals surface area contributed by atoms with Crippen LogP contribution in [0.5, 0.6) is 0 Å². The van der Waals surface area contributed by atoms with Crippen LogP contribution in [0.2, 0.25) is 0 Å². The number of hydrogen-bond donors (Lipinski definition) is 1. The lowest BCUT2D eigenvalue weighted by Crippen LogP contribution is -2.33. The molecular formula is C14H25NO2. The summed E-state index contributed by atoms with van der Waals surface area (Å²) in [5.74, 6) is 1.45. The molecule has 0 aromatic carbocycles. The molecule has 2 N–H and O–H groups in total. The molecule has 0 spiro atoms. The molecule has 1 aliphatic carbocycles. The van der Waals surface area contributed by atoms with E-state index in [4.69, 9.17) is 15.2 Å². The molecule has 0 radical (unpaired) electrons. The molecule has 0 saturated carbocycles. The van der Waals surface area contributed by atoms with Crippen LogP contribution in [-0.2, 0) is 9.47 Å². The van der Waals surface area contributed by atoms with Gasteiger partial charge in [-0.2, -0.15) is 0 Å². The summed E-state index contributed by atoms with van der Waals surface area (Å²) in [5.41, 5.74) is 5.96. The topological polar surface area (TPSA) is 44.5 Å². The highest BCUT2D eigenvalue weighted by Gasteiger charge is 2.16. The monoisotopic (exact) mass is 239 g/mol. The molecule has 1 aliphatic rings. The maximum Gasteiger partial charge on any atom is 0.114 e. The molecule has 0 aliphatic heterocycles. The highest BCUT2D eigenvalue weighted by molar-refractivity contribution is 5.18. The number of hydrogen-bond acceptors (Lipinski definition) is 3. The van der Waals surface area contributed by atoms with Gasteiger partial charge in [0.05, 0.1) is 19.3 Å². The van der Waals surface area contributed by atoms with Gasteiger partial charge in [0.1, 0.15) is 5.76 Å². The molecule has 98 valence electrons. The van der Waals surface area contributed by atoms with E-state index in [0.29, 0.717) is 12.5 Å². The Kier molecular flexibility index (Phi) is 5.22. The average molecular weight is 239 g/mol. The van der Waals surface area contributed by atoms with E-state index in [1.54, 1.807) is 7.11 Å². The minimum atomic E-state index is -0.108. The zero-order valence-corrected chi connectivity index (χ0v) is 11.4. The molecule has 3 nitrogen and oxygen atoms in total. The third kappa shape index (κ3) is 5.89. The molecule has 3 heteroatoms. The standard InChI is InChI=1S/C14H25NO2/c1-14(2,3)17-10-12(15)9-11-5-7-13(16-4)8-6-11/h5,7-8,11-12H,6,9-10,15H2,1-4H3. The van der Waals surface area contributed by atoms with Crippen LogP contribution in [-0.4, -0.2) is 25.4 Å². The van der Waals surface area contributed by atoms with Gasteiger partial charge in [0.15, 0.2) is 0 Å². The predicted octanol–water partition coefficient (Wildman–Crippen LogP) is 2.63. The van der Waals surface area contributed by atoms with E-state index in [2.05, 4.69) is 12.2 Å². The summed E-state index contributed by atoms with van der Waals surface area (Å²) >= 11 is 0. The number of methoxy groups -OCH3 is 1. The van der Waals surface area contributed by atoms with Gasteiger partial charge in [0.2, 0.25) is 0 Å². The Labute approximate surface area is 105 Å². The summed E-state index contributed by atoms with van der Waals surface area (Å²) in [6.45, 7) is 6.77. The van der Waals surface area contributed by atoms with Crippen molar-refractivity contribution in [1.29, 1.82) is 0 Å². The normalized spacial score (nSPS) is 22.2. The van der Waals surface area contributed by atoms with Gasteiger partial charge >= 0.3 is 0 Å². The van der Waals surface area contributed by atoms with Crippen LogP contribution in [0.15, 0.2) is 24.0 Å². The first-order valence-electron chi connectivity index (χ1n) is 6.22. The number of nitrogens with two attached hydrogens (primary N) is 1. The molecule has 2 unspecified atom stereocenters. The van der Waals surface area contributed by atoms with E-state index in [-0.39, 0.29) is 11.6 Å². The first-order chi connectivity index (χ1) is 7.90. The lowest BCUT2D eigenvalue weighted by Gasteiger charge is -2.24. The Balaban J connectivity index is 2.27. The summed E-state index contributed by atoms with van der Waals surface area (Å²) in [6.07, 6.45) is 8.27. The van der Waals surface area contributed by atoms with Crippen molar-refractivity contribution in [2.75, 3.05) is 13.7 Å². The quantitative estimate of drug-likeness (QED) is 0.802. The highest BCUT2D eigenvalue weighted by atomic mass is 16.5.